The minimum Gasteiger partial charge on any atom is -0.481 e. The number of carboxylic acids is 1. The maximum atomic E-state index is 12.1. The van der Waals surface area contributed by atoms with Gasteiger partial charge in [0.25, 0.3) is 5.91 Å². The van der Waals surface area contributed by atoms with E-state index >= 15 is 0 Å². The zero-order valence-electron chi connectivity index (χ0n) is 11.7. The van der Waals surface area contributed by atoms with Crippen LogP contribution in [0, 0.1) is 12.8 Å². The van der Waals surface area contributed by atoms with E-state index in [1.54, 1.807) is 6.92 Å². The summed E-state index contributed by atoms with van der Waals surface area (Å²) in [6, 6.07) is 0. The van der Waals surface area contributed by atoms with E-state index in [2.05, 4.69) is 19.2 Å². The van der Waals surface area contributed by atoms with Gasteiger partial charge in [0, 0.05) is 12.1 Å². The molecule has 0 aliphatic carbocycles. The second-order valence-corrected chi connectivity index (χ2v) is 4.68. The molecule has 0 fully saturated rings. The van der Waals surface area contributed by atoms with Gasteiger partial charge in [-0.05, 0) is 12.8 Å². The first-order valence-corrected chi connectivity index (χ1v) is 6.56. The molecule has 1 amide bonds. The summed E-state index contributed by atoms with van der Waals surface area (Å²) >= 11 is 0. The van der Waals surface area contributed by atoms with Crippen LogP contribution in [-0.2, 0) is 11.2 Å². The molecule has 0 aliphatic rings. The van der Waals surface area contributed by atoms with E-state index in [4.69, 9.17) is 9.52 Å². The standard InChI is InChI=1S/C14H21NO4/c1-4-10(5-2)7-15-14(18)13-9(3)8-19-11(13)6-12(16)17/h8,10H,4-7H2,1-3H3,(H,15,18)(H,16,17). The smallest absolute Gasteiger partial charge is 0.311 e. The number of carboxylic acid groups (broad SMARTS) is 1. The SMILES string of the molecule is CCC(CC)CNC(=O)c1c(C)coc1CC(=O)O. The van der Waals surface area contributed by atoms with E-state index in [0.29, 0.717) is 23.6 Å². The van der Waals surface area contributed by atoms with Crippen molar-refractivity contribution in [3.63, 3.8) is 0 Å². The highest BCUT2D eigenvalue weighted by atomic mass is 16.4. The van der Waals surface area contributed by atoms with Crippen LogP contribution in [0.1, 0.15) is 48.4 Å². The molecular formula is C14H21NO4. The molecule has 0 spiro atoms. The quantitative estimate of drug-likeness (QED) is 0.795. The van der Waals surface area contributed by atoms with Crippen molar-refractivity contribution in [3.8, 4) is 0 Å². The van der Waals surface area contributed by atoms with Crippen molar-refractivity contribution in [1.82, 2.24) is 5.32 Å². The normalized spacial score (nSPS) is 10.7. The molecule has 0 saturated heterocycles. The summed E-state index contributed by atoms with van der Waals surface area (Å²) in [6.45, 7) is 6.50. The highest BCUT2D eigenvalue weighted by Crippen LogP contribution is 2.17. The molecule has 0 aliphatic heterocycles. The maximum absolute atomic E-state index is 12.1. The lowest BCUT2D eigenvalue weighted by atomic mass is 10.0. The summed E-state index contributed by atoms with van der Waals surface area (Å²) in [5.74, 6) is -0.607. The number of carbonyl (C=O) groups excluding carboxylic acids is 1. The minimum atomic E-state index is -1.01. The number of aliphatic carboxylic acids is 1. The fourth-order valence-electron chi connectivity index (χ4n) is 1.97. The van der Waals surface area contributed by atoms with E-state index in [-0.39, 0.29) is 18.1 Å². The van der Waals surface area contributed by atoms with Crippen molar-refractivity contribution >= 4 is 11.9 Å². The number of nitrogens with one attached hydrogen (secondary N) is 1. The van der Waals surface area contributed by atoms with E-state index in [0.717, 1.165) is 12.8 Å². The van der Waals surface area contributed by atoms with Crippen LogP contribution in [0.25, 0.3) is 0 Å². The van der Waals surface area contributed by atoms with Gasteiger partial charge < -0.3 is 14.8 Å². The molecule has 1 aromatic heterocycles. The van der Waals surface area contributed by atoms with E-state index in [1.165, 1.54) is 6.26 Å². The van der Waals surface area contributed by atoms with Crippen molar-refractivity contribution in [2.24, 2.45) is 5.92 Å². The Bertz CT molecular complexity index is 446. The third kappa shape index (κ3) is 4.12. The van der Waals surface area contributed by atoms with Gasteiger partial charge in [0.2, 0.25) is 0 Å². The maximum Gasteiger partial charge on any atom is 0.311 e. The topological polar surface area (TPSA) is 79.5 Å². The van der Waals surface area contributed by atoms with Gasteiger partial charge in [-0.2, -0.15) is 0 Å². The number of amides is 1. The predicted octanol–water partition coefficient (Wildman–Crippen LogP) is 2.38. The molecule has 1 aromatic rings. The van der Waals surface area contributed by atoms with Crippen molar-refractivity contribution in [3.05, 3.63) is 23.2 Å². The average molecular weight is 267 g/mol. The molecule has 0 radical (unpaired) electrons. The van der Waals surface area contributed by atoms with E-state index in [9.17, 15) is 9.59 Å². The zero-order valence-corrected chi connectivity index (χ0v) is 11.7. The summed E-state index contributed by atoms with van der Waals surface area (Å²) in [5, 5.41) is 11.6. The molecule has 5 heteroatoms. The molecule has 0 unspecified atom stereocenters. The molecule has 0 atom stereocenters. The van der Waals surface area contributed by atoms with Gasteiger partial charge >= 0.3 is 5.97 Å². The number of hydrogen-bond donors (Lipinski definition) is 2. The van der Waals surface area contributed by atoms with Crippen LogP contribution in [0.15, 0.2) is 10.7 Å². The first-order chi connectivity index (χ1) is 8.99. The molecule has 0 aromatic carbocycles. The van der Waals surface area contributed by atoms with Crippen LogP contribution < -0.4 is 5.32 Å². The second-order valence-electron chi connectivity index (χ2n) is 4.68. The molecular weight excluding hydrogens is 246 g/mol. The van der Waals surface area contributed by atoms with Crippen molar-refractivity contribution in [1.29, 1.82) is 0 Å². The van der Waals surface area contributed by atoms with Crippen molar-refractivity contribution in [2.45, 2.75) is 40.0 Å². The molecule has 2 N–H and O–H groups in total. The zero-order chi connectivity index (χ0) is 14.4. The molecule has 106 valence electrons. The third-order valence-corrected chi connectivity index (χ3v) is 3.30. The lowest BCUT2D eigenvalue weighted by Gasteiger charge is -2.13. The number of carbonyl (C=O) groups is 2. The number of hydrogen-bond acceptors (Lipinski definition) is 3. The minimum absolute atomic E-state index is 0.215. The van der Waals surface area contributed by atoms with Crippen LogP contribution >= 0.6 is 0 Å². The third-order valence-electron chi connectivity index (χ3n) is 3.30. The molecule has 19 heavy (non-hydrogen) atoms. The molecule has 0 bridgehead atoms. The van der Waals surface area contributed by atoms with Crippen LogP contribution in [0.4, 0.5) is 0 Å². The Kier molecular flexibility index (Phi) is 5.60. The Morgan fingerprint density at radius 3 is 2.53 bits per heavy atom. The fourth-order valence-corrected chi connectivity index (χ4v) is 1.97. The summed E-state index contributed by atoms with van der Waals surface area (Å²) in [6.07, 6.45) is 3.15. The number of furan rings is 1. The summed E-state index contributed by atoms with van der Waals surface area (Å²) in [5.41, 5.74) is 1.02. The van der Waals surface area contributed by atoms with Crippen molar-refractivity contribution in [2.75, 3.05) is 6.54 Å². The van der Waals surface area contributed by atoms with Crippen LogP contribution in [0.5, 0.6) is 0 Å². The molecule has 1 heterocycles. The highest BCUT2D eigenvalue weighted by molar-refractivity contribution is 5.97. The van der Waals surface area contributed by atoms with Gasteiger partial charge in [-0.15, -0.1) is 0 Å². The molecule has 0 saturated carbocycles. The fraction of sp³-hybridized carbons (Fsp3) is 0.571. The molecule has 1 rings (SSSR count). The van der Waals surface area contributed by atoms with Gasteiger partial charge in [-0.1, -0.05) is 26.7 Å². The van der Waals surface area contributed by atoms with Gasteiger partial charge in [0.15, 0.2) is 0 Å². The second kappa shape index (κ2) is 6.97. The summed E-state index contributed by atoms with van der Waals surface area (Å²) < 4.78 is 5.15. The van der Waals surface area contributed by atoms with Crippen LogP contribution in [0.2, 0.25) is 0 Å². The summed E-state index contributed by atoms with van der Waals surface area (Å²) in [4.78, 5) is 22.8. The van der Waals surface area contributed by atoms with E-state index < -0.39 is 5.97 Å². The van der Waals surface area contributed by atoms with Crippen LogP contribution in [0.3, 0.4) is 0 Å². The molecule has 5 nitrogen and oxygen atoms in total. The van der Waals surface area contributed by atoms with Crippen molar-refractivity contribution < 1.29 is 19.1 Å². The lowest BCUT2D eigenvalue weighted by Crippen LogP contribution is -2.30. The highest BCUT2D eigenvalue weighted by Gasteiger charge is 2.20. The monoisotopic (exact) mass is 267 g/mol. The predicted molar refractivity (Wildman–Crippen MR) is 71.2 cm³/mol. The Labute approximate surface area is 113 Å². The Balaban J connectivity index is 2.76. The average Bonchev–Trinajstić information content (AvgIpc) is 2.70. The van der Waals surface area contributed by atoms with Crippen LogP contribution in [-0.4, -0.2) is 23.5 Å². The van der Waals surface area contributed by atoms with Gasteiger partial charge in [-0.25, -0.2) is 0 Å². The van der Waals surface area contributed by atoms with Gasteiger partial charge in [0.05, 0.1) is 11.8 Å². The lowest BCUT2D eigenvalue weighted by molar-refractivity contribution is -0.136. The summed E-state index contributed by atoms with van der Waals surface area (Å²) in [7, 11) is 0. The number of aryl methyl sites for hydroxylation is 1. The van der Waals surface area contributed by atoms with Gasteiger partial charge in [-0.3, -0.25) is 9.59 Å². The van der Waals surface area contributed by atoms with Gasteiger partial charge in [0.1, 0.15) is 12.2 Å². The Morgan fingerprint density at radius 2 is 2.00 bits per heavy atom. The first kappa shape index (κ1) is 15.3. The number of rotatable bonds is 7. The first-order valence-electron chi connectivity index (χ1n) is 6.56. The Morgan fingerprint density at radius 1 is 1.37 bits per heavy atom. The largest absolute Gasteiger partial charge is 0.481 e. The Hall–Kier alpha value is -1.78. The van der Waals surface area contributed by atoms with E-state index in [1.807, 2.05) is 0 Å².